The Kier molecular flexibility index (Phi) is 7.32. The number of carbonyl (C=O) groups is 1. The molecule has 4 nitrogen and oxygen atoms in total. The number of methoxy groups -OCH3 is 1. The molecule has 0 aliphatic carbocycles. The second kappa shape index (κ2) is 8.80. The van der Waals surface area contributed by atoms with Crippen LogP contribution in [0.5, 0.6) is 5.75 Å². The van der Waals surface area contributed by atoms with Gasteiger partial charge in [-0.2, -0.15) is 13.2 Å². The first-order valence-electron chi connectivity index (χ1n) is 7.61. The Morgan fingerprint density at radius 1 is 1.19 bits per heavy atom. The summed E-state index contributed by atoms with van der Waals surface area (Å²) in [4.78, 5) is 12.3. The van der Waals surface area contributed by atoms with E-state index in [0.717, 1.165) is 12.1 Å². The topological polar surface area (TPSA) is 64.3 Å². The zero-order valence-corrected chi connectivity index (χ0v) is 15.1. The van der Waals surface area contributed by atoms with E-state index in [4.69, 9.17) is 10.5 Å². The number of hydrogen-bond acceptors (Lipinski definition) is 3. The maximum Gasteiger partial charge on any atom is 0.416 e. The Balaban J connectivity index is 0.00000338. The van der Waals surface area contributed by atoms with Gasteiger partial charge in [0.25, 0.3) is 0 Å². The smallest absolute Gasteiger partial charge is 0.416 e. The van der Waals surface area contributed by atoms with Crippen molar-refractivity contribution in [1.29, 1.82) is 0 Å². The zero-order valence-electron chi connectivity index (χ0n) is 14.3. The summed E-state index contributed by atoms with van der Waals surface area (Å²) < 4.78 is 42.8. The Morgan fingerprint density at radius 2 is 1.81 bits per heavy atom. The molecule has 0 heterocycles. The number of halogens is 4. The van der Waals surface area contributed by atoms with Crippen LogP contribution in [0.4, 0.5) is 24.5 Å². The predicted octanol–water partition coefficient (Wildman–Crippen LogP) is 4.54. The molecule has 142 valence electrons. The van der Waals surface area contributed by atoms with Gasteiger partial charge >= 0.3 is 6.18 Å². The van der Waals surface area contributed by atoms with Gasteiger partial charge in [0.05, 0.1) is 24.0 Å². The number of rotatable bonds is 5. The van der Waals surface area contributed by atoms with Crippen LogP contribution >= 0.6 is 12.4 Å². The molecule has 2 aromatic carbocycles. The lowest BCUT2D eigenvalue weighted by molar-refractivity contribution is -0.137. The summed E-state index contributed by atoms with van der Waals surface area (Å²) in [5.41, 5.74) is 6.60. The number of nitrogens with two attached hydrogens (primary N) is 1. The molecule has 0 aliphatic rings. The molecule has 0 aliphatic heterocycles. The molecule has 1 unspecified atom stereocenters. The Bertz CT molecular complexity index is 749. The summed E-state index contributed by atoms with van der Waals surface area (Å²) in [5, 5.41) is 2.72. The van der Waals surface area contributed by atoms with Crippen molar-refractivity contribution in [2.75, 3.05) is 18.2 Å². The molecule has 26 heavy (non-hydrogen) atoms. The molecule has 0 saturated carbocycles. The van der Waals surface area contributed by atoms with Crippen LogP contribution in [0.1, 0.15) is 18.1 Å². The van der Waals surface area contributed by atoms with Crippen LogP contribution in [0, 0.1) is 5.92 Å². The van der Waals surface area contributed by atoms with Crippen molar-refractivity contribution >= 4 is 29.7 Å². The third kappa shape index (κ3) is 5.56. The fourth-order valence-corrected chi connectivity index (χ4v) is 2.30. The first-order valence-corrected chi connectivity index (χ1v) is 7.61. The van der Waals surface area contributed by atoms with Crippen LogP contribution in [0.2, 0.25) is 0 Å². The van der Waals surface area contributed by atoms with Gasteiger partial charge in [-0.15, -0.1) is 12.4 Å². The van der Waals surface area contributed by atoms with Crippen molar-refractivity contribution in [2.45, 2.75) is 19.5 Å². The van der Waals surface area contributed by atoms with Crippen molar-refractivity contribution in [3.63, 3.8) is 0 Å². The molecule has 0 fully saturated rings. The number of nitrogen functional groups attached to an aromatic ring is 1. The second-order valence-electron chi connectivity index (χ2n) is 5.74. The van der Waals surface area contributed by atoms with E-state index in [0.29, 0.717) is 29.1 Å². The van der Waals surface area contributed by atoms with E-state index in [9.17, 15) is 18.0 Å². The maximum atomic E-state index is 12.6. The lowest BCUT2D eigenvalue weighted by atomic mass is 9.99. The highest BCUT2D eigenvalue weighted by molar-refractivity contribution is 5.95. The molecular weight excluding hydrogens is 369 g/mol. The predicted molar refractivity (Wildman–Crippen MR) is 97.6 cm³/mol. The normalized spacial score (nSPS) is 12.0. The van der Waals surface area contributed by atoms with E-state index < -0.39 is 17.7 Å². The molecule has 8 heteroatoms. The molecule has 2 aromatic rings. The standard InChI is InChI=1S/C18H19F3N2O2.ClH/c1-11(9-12-3-5-13(6-4-12)18(19,20)21)17(24)23-16-10-14(25-2)7-8-15(16)22;/h3-8,10-11H,9,22H2,1-2H3,(H,23,24);1H. The highest BCUT2D eigenvalue weighted by Gasteiger charge is 2.30. The SMILES string of the molecule is COc1ccc(N)c(NC(=O)C(C)Cc2ccc(C(F)(F)F)cc2)c1.Cl. The van der Waals surface area contributed by atoms with E-state index in [-0.39, 0.29) is 18.3 Å². The third-order valence-electron chi connectivity index (χ3n) is 3.79. The van der Waals surface area contributed by atoms with Gasteiger partial charge in [0.2, 0.25) is 5.91 Å². The molecule has 0 radical (unpaired) electrons. The summed E-state index contributed by atoms with van der Waals surface area (Å²) in [6.45, 7) is 1.70. The number of anilines is 2. The second-order valence-corrected chi connectivity index (χ2v) is 5.74. The van der Waals surface area contributed by atoms with Gasteiger partial charge in [0, 0.05) is 12.0 Å². The van der Waals surface area contributed by atoms with Crippen LogP contribution in [0.3, 0.4) is 0 Å². The van der Waals surface area contributed by atoms with Crippen LogP contribution in [0.25, 0.3) is 0 Å². The first kappa shape index (κ1) is 21.6. The van der Waals surface area contributed by atoms with Crippen molar-refractivity contribution < 1.29 is 22.7 Å². The van der Waals surface area contributed by atoms with E-state index in [1.54, 1.807) is 25.1 Å². The van der Waals surface area contributed by atoms with E-state index in [1.807, 2.05) is 0 Å². The molecule has 1 atom stereocenters. The number of benzene rings is 2. The van der Waals surface area contributed by atoms with Crippen LogP contribution < -0.4 is 15.8 Å². The van der Waals surface area contributed by atoms with Gasteiger partial charge in [-0.05, 0) is 36.2 Å². The third-order valence-corrected chi connectivity index (χ3v) is 3.79. The Labute approximate surface area is 155 Å². The molecule has 3 N–H and O–H groups in total. The van der Waals surface area contributed by atoms with Crippen molar-refractivity contribution in [3.05, 3.63) is 53.6 Å². The highest BCUT2D eigenvalue weighted by Crippen LogP contribution is 2.29. The summed E-state index contributed by atoms with van der Waals surface area (Å²) in [6.07, 6.45) is -4.06. The fourth-order valence-electron chi connectivity index (χ4n) is 2.30. The summed E-state index contributed by atoms with van der Waals surface area (Å²) in [7, 11) is 1.50. The lowest BCUT2D eigenvalue weighted by Gasteiger charge is -2.15. The van der Waals surface area contributed by atoms with E-state index >= 15 is 0 Å². The molecule has 1 amide bonds. The number of carbonyl (C=O) groups excluding carboxylic acids is 1. The number of alkyl halides is 3. The Morgan fingerprint density at radius 3 is 2.35 bits per heavy atom. The zero-order chi connectivity index (χ0) is 18.6. The van der Waals surface area contributed by atoms with Gasteiger partial charge in [-0.1, -0.05) is 19.1 Å². The molecule has 0 bridgehead atoms. The molecule has 0 aromatic heterocycles. The monoisotopic (exact) mass is 388 g/mol. The van der Waals surface area contributed by atoms with Gasteiger partial charge in [-0.3, -0.25) is 4.79 Å². The quantitative estimate of drug-likeness (QED) is 0.739. The van der Waals surface area contributed by atoms with Crippen LogP contribution in [-0.2, 0) is 17.4 Å². The fraction of sp³-hybridized carbons (Fsp3) is 0.278. The van der Waals surface area contributed by atoms with E-state index in [2.05, 4.69) is 5.32 Å². The number of hydrogen-bond donors (Lipinski definition) is 2. The number of ether oxygens (including phenoxy) is 1. The van der Waals surface area contributed by atoms with Crippen molar-refractivity contribution in [2.24, 2.45) is 5.92 Å². The van der Waals surface area contributed by atoms with Gasteiger partial charge in [-0.25, -0.2) is 0 Å². The lowest BCUT2D eigenvalue weighted by Crippen LogP contribution is -2.22. The number of amides is 1. The largest absolute Gasteiger partial charge is 0.497 e. The van der Waals surface area contributed by atoms with Gasteiger partial charge in [0.1, 0.15) is 5.75 Å². The van der Waals surface area contributed by atoms with Gasteiger partial charge < -0.3 is 15.8 Å². The average molecular weight is 389 g/mol. The highest BCUT2D eigenvalue weighted by atomic mass is 35.5. The summed E-state index contributed by atoms with van der Waals surface area (Å²) >= 11 is 0. The van der Waals surface area contributed by atoms with E-state index in [1.165, 1.54) is 19.2 Å². The average Bonchev–Trinajstić information content (AvgIpc) is 2.56. The minimum absolute atomic E-state index is 0. The first-order chi connectivity index (χ1) is 11.7. The molecule has 2 rings (SSSR count). The minimum Gasteiger partial charge on any atom is -0.497 e. The molecular formula is C18H20ClF3N2O2. The maximum absolute atomic E-state index is 12.6. The minimum atomic E-state index is -4.37. The van der Waals surface area contributed by atoms with Gasteiger partial charge in [0.15, 0.2) is 0 Å². The number of nitrogens with one attached hydrogen (secondary N) is 1. The summed E-state index contributed by atoms with van der Waals surface area (Å²) in [6, 6.07) is 9.70. The Hall–Kier alpha value is -2.41. The van der Waals surface area contributed by atoms with Crippen LogP contribution in [0.15, 0.2) is 42.5 Å². The van der Waals surface area contributed by atoms with Crippen LogP contribution in [-0.4, -0.2) is 13.0 Å². The van der Waals surface area contributed by atoms with Crippen molar-refractivity contribution in [1.82, 2.24) is 0 Å². The summed E-state index contributed by atoms with van der Waals surface area (Å²) in [5.74, 6) is -0.165. The molecule has 0 saturated heterocycles. The molecule has 0 spiro atoms. The van der Waals surface area contributed by atoms with Crippen molar-refractivity contribution in [3.8, 4) is 5.75 Å².